The largest absolute Gasteiger partial charge is 0.481 e. The summed E-state index contributed by atoms with van der Waals surface area (Å²) in [4.78, 5) is 4.09. The van der Waals surface area contributed by atoms with Crippen molar-refractivity contribution in [1.82, 2.24) is 4.98 Å². The third-order valence-electron chi connectivity index (χ3n) is 2.79. The van der Waals surface area contributed by atoms with Gasteiger partial charge in [-0.2, -0.15) is 0 Å². The maximum Gasteiger partial charge on any atom is 0.214 e. The van der Waals surface area contributed by atoms with Crippen molar-refractivity contribution in [3.8, 4) is 5.88 Å². The van der Waals surface area contributed by atoms with Gasteiger partial charge in [0.2, 0.25) is 5.88 Å². The van der Waals surface area contributed by atoms with E-state index in [1.165, 1.54) is 0 Å². The van der Waals surface area contributed by atoms with Gasteiger partial charge in [0.25, 0.3) is 0 Å². The Morgan fingerprint density at radius 2 is 2.18 bits per heavy atom. The Labute approximate surface area is 104 Å². The monoisotopic (exact) mass is 237 g/mol. The highest BCUT2D eigenvalue weighted by Gasteiger charge is 2.23. The number of ether oxygens (including phenoxy) is 1. The minimum absolute atomic E-state index is 0.163. The van der Waals surface area contributed by atoms with Gasteiger partial charge in [-0.15, -0.1) is 0 Å². The number of anilines is 1. The van der Waals surface area contributed by atoms with E-state index in [4.69, 9.17) is 10.5 Å². The molecule has 0 saturated carbocycles. The van der Waals surface area contributed by atoms with Crippen LogP contribution in [0.15, 0.2) is 18.3 Å². The zero-order chi connectivity index (χ0) is 12.9. The van der Waals surface area contributed by atoms with Gasteiger partial charge in [-0.3, -0.25) is 0 Å². The second kappa shape index (κ2) is 5.87. The lowest BCUT2D eigenvalue weighted by Crippen LogP contribution is -2.35. The summed E-state index contributed by atoms with van der Waals surface area (Å²) in [5.74, 6) is 0.621. The molecule has 0 amide bonds. The first kappa shape index (κ1) is 13.8. The first-order valence-corrected chi connectivity index (χ1v) is 5.94. The molecule has 0 aliphatic heterocycles. The van der Waals surface area contributed by atoms with Crippen LogP contribution in [-0.4, -0.2) is 24.7 Å². The lowest BCUT2D eigenvalue weighted by Gasteiger charge is -2.32. The minimum atomic E-state index is 0.163. The Balaban J connectivity index is 2.78. The molecule has 1 atom stereocenters. The molecule has 3 N–H and O–H groups in total. The van der Waals surface area contributed by atoms with Gasteiger partial charge in [0, 0.05) is 24.0 Å². The van der Waals surface area contributed by atoms with Gasteiger partial charge in [-0.05, 0) is 24.4 Å². The topological polar surface area (TPSA) is 60.2 Å². The van der Waals surface area contributed by atoms with Crippen LogP contribution in [0.3, 0.4) is 0 Å². The molecule has 0 bridgehead atoms. The number of nitrogens with zero attached hydrogens (tertiary/aromatic N) is 1. The van der Waals surface area contributed by atoms with E-state index in [-0.39, 0.29) is 5.41 Å². The maximum atomic E-state index is 5.66. The number of aromatic nitrogens is 1. The van der Waals surface area contributed by atoms with Gasteiger partial charge in [0.05, 0.1) is 7.11 Å². The highest BCUT2D eigenvalue weighted by Crippen LogP contribution is 2.26. The van der Waals surface area contributed by atoms with E-state index in [1.54, 1.807) is 13.3 Å². The molecule has 4 heteroatoms. The Hall–Kier alpha value is -1.29. The third kappa shape index (κ3) is 4.23. The number of rotatable bonds is 5. The van der Waals surface area contributed by atoms with Crippen molar-refractivity contribution >= 4 is 5.69 Å². The summed E-state index contributed by atoms with van der Waals surface area (Å²) in [6.45, 7) is 7.30. The molecule has 17 heavy (non-hydrogen) atoms. The van der Waals surface area contributed by atoms with Crippen LogP contribution in [0.5, 0.6) is 5.88 Å². The Bertz CT molecular complexity index is 347. The second-order valence-electron chi connectivity index (χ2n) is 5.23. The van der Waals surface area contributed by atoms with Crippen LogP contribution < -0.4 is 15.8 Å². The van der Waals surface area contributed by atoms with Crippen molar-refractivity contribution < 1.29 is 4.74 Å². The van der Waals surface area contributed by atoms with Crippen LogP contribution in [0.25, 0.3) is 0 Å². The van der Waals surface area contributed by atoms with Crippen LogP contribution in [-0.2, 0) is 0 Å². The van der Waals surface area contributed by atoms with E-state index in [9.17, 15) is 0 Å². The van der Waals surface area contributed by atoms with E-state index in [0.29, 0.717) is 18.5 Å². The van der Waals surface area contributed by atoms with E-state index in [0.717, 1.165) is 12.1 Å². The molecule has 1 rings (SSSR count). The molecule has 0 fully saturated rings. The summed E-state index contributed by atoms with van der Waals surface area (Å²) in [7, 11) is 1.62. The summed E-state index contributed by atoms with van der Waals surface area (Å²) >= 11 is 0. The third-order valence-corrected chi connectivity index (χ3v) is 2.79. The van der Waals surface area contributed by atoms with Crippen LogP contribution in [0.1, 0.15) is 27.2 Å². The molecule has 0 aliphatic rings. The van der Waals surface area contributed by atoms with Crippen molar-refractivity contribution in [2.45, 2.75) is 33.2 Å². The number of methoxy groups -OCH3 is 1. The SMILES string of the molecule is COc1cc(NC(CCN)C(C)(C)C)ccn1. The van der Waals surface area contributed by atoms with E-state index < -0.39 is 0 Å². The van der Waals surface area contributed by atoms with Gasteiger partial charge in [0.1, 0.15) is 0 Å². The molecule has 0 spiro atoms. The number of hydrogen-bond acceptors (Lipinski definition) is 4. The fourth-order valence-corrected chi connectivity index (χ4v) is 1.70. The Morgan fingerprint density at radius 1 is 1.47 bits per heavy atom. The summed E-state index contributed by atoms with van der Waals surface area (Å²) in [6.07, 6.45) is 2.68. The lowest BCUT2D eigenvalue weighted by molar-refractivity contribution is 0.328. The first-order chi connectivity index (χ1) is 7.97. The summed E-state index contributed by atoms with van der Waals surface area (Å²) in [6, 6.07) is 4.17. The van der Waals surface area contributed by atoms with Gasteiger partial charge < -0.3 is 15.8 Å². The molecular weight excluding hydrogens is 214 g/mol. The summed E-state index contributed by atoms with van der Waals surface area (Å²) < 4.78 is 5.11. The van der Waals surface area contributed by atoms with E-state index >= 15 is 0 Å². The lowest BCUT2D eigenvalue weighted by atomic mass is 9.84. The Kier molecular flexibility index (Phi) is 4.75. The zero-order valence-corrected chi connectivity index (χ0v) is 11.2. The number of nitrogens with one attached hydrogen (secondary N) is 1. The Morgan fingerprint density at radius 3 is 2.71 bits per heavy atom. The summed E-state index contributed by atoms with van der Waals surface area (Å²) in [5, 5.41) is 3.49. The number of nitrogens with two attached hydrogens (primary N) is 1. The standard InChI is InChI=1S/C13H23N3O/c1-13(2,3)11(5-7-14)16-10-6-8-15-12(9-10)17-4/h6,8-9,11H,5,7,14H2,1-4H3,(H,15,16). The molecule has 0 aliphatic carbocycles. The number of hydrogen-bond donors (Lipinski definition) is 2. The predicted octanol–water partition coefficient (Wildman–Crippen LogP) is 2.27. The maximum absolute atomic E-state index is 5.66. The fourth-order valence-electron chi connectivity index (χ4n) is 1.70. The van der Waals surface area contributed by atoms with Crippen LogP contribution in [0.4, 0.5) is 5.69 Å². The molecule has 4 nitrogen and oxygen atoms in total. The smallest absolute Gasteiger partial charge is 0.214 e. The van der Waals surface area contributed by atoms with Crippen molar-refractivity contribution in [2.75, 3.05) is 19.0 Å². The molecule has 0 aromatic carbocycles. The van der Waals surface area contributed by atoms with Crippen molar-refractivity contribution in [3.63, 3.8) is 0 Å². The van der Waals surface area contributed by atoms with Gasteiger partial charge in [-0.1, -0.05) is 20.8 Å². The average molecular weight is 237 g/mol. The van der Waals surface area contributed by atoms with Crippen LogP contribution >= 0.6 is 0 Å². The zero-order valence-electron chi connectivity index (χ0n) is 11.2. The average Bonchev–Trinajstić information content (AvgIpc) is 2.27. The predicted molar refractivity (Wildman–Crippen MR) is 71.3 cm³/mol. The van der Waals surface area contributed by atoms with E-state index in [2.05, 4.69) is 31.1 Å². The molecule has 1 aromatic rings. The highest BCUT2D eigenvalue weighted by atomic mass is 16.5. The molecular formula is C13H23N3O. The summed E-state index contributed by atoms with van der Waals surface area (Å²) in [5.41, 5.74) is 6.84. The van der Waals surface area contributed by atoms with Crippen molar-refractivity contribution in [3.05, 3.63) is 18.3 Å². The van der Waals surface area contributed by atoms with Crippen LogP contribution in [0, 0.1) is 5.41 Å². The normalized spacial score (nSPS) is 13.2. The van der Waals surface area contributed by atoms with E-state index in [1.807, 2.05) is 12.1 Å². The molecule has 0 radical (unpaired) electrons. The molecule has 0 saturated heterocycles. The molecule has 1 unspecified atom stereocenters. The van der Waals surface area contributed by atoms with Crippen molar-refractivity contribution in [2.24, 2.45) is 11.1 Å². The first-order valence-electron chi connectivity index (χ1n) is 5.94. The quantitative estimate of drug-likeness (QED) is 0.824. The number of pyridine rings is 1. The van der Waals surface area contributed by atoms with Crippen molar-refractivity contribution in [1.29, 1.82) is 0 Å². The van der Waals surface area contributed by atoms with Gasteiger partial charge >= 0.3 is 0 Å². The van der Waals surface area contributed by atoms with Gasteiger partial charge in [0.15, 0.2) is 0 Å². The second-order valence-corrected chi connectivity index (χ2v) is 5.23. The highest BCUT2D eigenvalue weighted by molar-refractivity contribution is 5.46. The molecule has 1 heterocycles. The fraction of sp³-hybridized carbons (Fsp3) is 0.615. The van der Waals surface area contributed by atoms with Crippen LogP contribution in [0.2, 0.25) is 0 Å². The van der Waals surface area contributed by atoms with Gasteiger partial charge in [-0.25, -0.2) is 4.98 Å². The minimum Gasteiger partial charge on any atom is -0.481 e. The molecule has 96 valence electrons. The molecule has 1 aromatic heterocycles.